The van der Waals surface area contributed by atoms with E-state index >= 15 is 0 Å². The third-order valence-electron chi connectivity index (χ3n) is 10.6. The number of thiophene rings is 1. The van der Waals surface area contributed by atoms with E-state index in [2.05, 4.69) is 23.1 Å². The number of allylic oxidation sites excluding steroid dienone is 1. The third kappa shape index (κ3) is 9.18. The second-order valence-electron chi connectivity index (χ2n) is 16.4. The first-order valence-electron chi connectivity index (χ1n) is 17.9. The van der Waals surface area contributed by atoms with Gasteiger partial charge in [-0.15, -0.1) is 30.3 Å². The molecule has 1 aromatic heterocycles. The van der Waals surface area contributed by atoms with Gasteiger partial charge in [0.25, 0.3) is 0 Å². The lowest BCUT2D eigenvalue weighted by atomic mass is 9.83. The van der Waals surface area contributed by atoms with Gasteiger partial charge in [-0.25, -0.2) is 13.2 Å². The van der Waals surface area contributed by atoms with Gasteiger partial charge in [0, 0.05) is 55.7 Å². The fourth-order valence-corrected chi connectivity index (χ4v) is 10.5. The standard InChI is InChI=1S/C38H54N4O7S2/c1-9-11-14-24(33(45)27(43)17-12-10-2)20-28(44)32-26-16-13-15-25(26)21-42(32)35(46)34(38(6,7)8)40-36(47)39-31(37(3,4)5)23-41-22-29-30(18-19-50-29)51(41,48)49/h1,10,18-19,24-26,31-32,34H,2,11-17,20-23H2,3-8H3,(H2,39,40,47)/t24?,25-,26-,31+,32-,34+/m0/s1. The fourth-order valence-electron chi connectivity index (χ4n) is 7.58. The van der Waals surface area contributed by atoms with Crippen molar-refractivity contribution in [2.24, 2.45) is 28.6 Å². The number of likely N-dealkylation sites (tertiary alicyclic amines) is 1. The number of carbonyl (C=O) groups is 5. The molecule has 1 unspecified atom stereocenters. The maximum atomic E-state index is 14.5. The summed E-state index contributed by atoms with van der Waals surface area (Å²) >= 11 is 1.38. The first kappa shape index (κ1) is 40.4. The van der Waals surface area contributed by atoms with E-state index in [-0.39, 0.29) is 56.4 Å². The second-order valence-corrected chi connectivity index (χ2v) is 19.3. The summed E-state index contributed by atoms with van der Waals surface area (Å²) in [6.45, 7) is 15.5. The van der Waals surface area contributed by atoms with Gasteiger partial charge in [-0.2, -0.15) is 4.31 Å². The number of hydrogen-bond acceptors (Lipinski definition) is 8. The lowest BCUT2D eigenvalue weighted by Crippen LogP contribution is -2.61. The Hall–Kier alpha value is -3.34. The topological polar surface area (TPSA) is 150 Å². The maximum Gasteiger partial charge on any atom is 0.315 e. The fraction of sp³-hybridized carbons (Fsp3) is 0.658. The molecule has 280 valence electrons. The molecular formula is C38H54N4O7S2. The molecule has 11 nitrogen and oxygen atoms in total. The minimum atomic E-state index is -3.69. The van der Waals surface area contributed by atoms with Gasteiger partial charge in [-0.1, -0.05) is 54.0 Å². The van der Waals surface area contributed by atoms with Crippen LogP contribution >= 0.6 is 11.3 Å². The average Bonchev–Trinajstić information content (AvgIpc) is 3.82. The van der Waals surface area contributed by atoms with Gasteiger partial charge in [-0.3, -0.25) is 19.2 Å². The van der Waals surface area contributed by atoms with Crippen LogP contribution < -0.4 is 10.6 Å². The van der Waals surface area contributed by atoms with Crippen LogP contribution in [0.2, 0.25) is 0 Å². The third-order valence-corrected chi connectivity index (χ3v) is 13.5. The Labute approximate surface area is 307 Å². The van der Waals surface area contributed by atoms with E-state index in [9.17, 15) is 32.4 Å². The molecule has 51 heavy (non-hydrogen) atoms. The van der Waals surface area contributed by atoms with Crippen LogP contribution in [0.4, 0.5) is 4.79 Å². The van der Waals surface area contributed by atoms with Gasteiger partial charge >= 0.3 is 6.03 Å². The summed E-state index contributed by atoms with van der Waals surface area (Å²) in [5, 5.41) is 7.61. The van der Waals surface area contributed by atoms with Crippen molar-refractivity contribution in [3.05, 3.63) is 29.0 Å². The zero-order chi connectivity index (χ0) is 37.9. The molecule has 1 aromatic rings. The summed E-state index contributed by atoms with van der Waals surface area (Å²) in [6, 6.07) is -1.41. The molecule has 1 saturated carbocycles. The zero-order valence-electron chi connectivity index (χ0n) is 30.8. The number of fused-ring (bicyclic) bond motifs is 2. The molecule has 0 radical (unpaired) electrons. The summed E-state index contributed by atoms with van der Waals surface area (Å²) in [5.41, 5.74) is -1.29. The number of sulfonamides is 1. The molecule has 0 spiro atoms. The Bertz CT molecular complexity index is 1660. The Morgan fingerprint density at radius 1 is 1.10 bits per heavy atom. The van der Waals surface area contributed by atoms with Crippen molar-refractivity contribution in [3.63, 3.8) is 0 Å². The van der Waals surface area contributed by atoms with E-state index in [0.717, 1.165) is 24.1 Å². The second kappa shape index (κ2) is 16.1. The number of ketones is 3. The molecule has 4 rings (SSSR count). The van der Waals surface area contributed by atoms with Crippen LogP contribution in [0.1, 0.15) is 97.8 Å². The van der Waals surface area contributed by atoms with E-state index in [4.69, 9.17) is 6.42 Å². The van der Waals surface area contributed by atoms with E-state index in [1.165, 1.54) is 15.6 Å². The quantitative estimate of drug-likeness (QED) is 0.144. The van der Waals surface area contributed by atoms with Gasteiger partial charge in [0.15, 0.2) is 11.6 Å². The zero-order valence-corrected chi connectivity index (χ0v) is 32.5. The van der Waals surface area contributed by atoms with E-state index in [1.54, 1.807) is 22.4 Å². The number of urea groups is 1. The van der Waals surface area contributed by atoms with Gasteiger partial charge in [0.1, 0.15) is 6.04 Å². The van der Waals surface area contributed by atoms with Crippen molar-refractivity contribution in [1.29, 1.82) is 0 Å². The minimum absolute atomic E-state index is 0.0160. The number of amides is 3. The first-order valence-corrected chi connectivity index (χ1v) is 20.2. The number of hydrogen-bond donors (Lipinski definition) is 2. The van der Waals surface area contributed by atoms with Crippen molar-refractivity contribution in [2.45, 2.75) is 122 Å². The number of nitrogens with zero attached hydrogens (tertiary/aromatic N) is 2. The molecule has 6 atom stereocenters. The molecule has 1 aliphatic carbocycles. The van der Waals surface area contributed by atoms with E-state index < -0.39 is 68.4 Å². The summed E-state index contributed by atoms with van der Waals surface area (Å²) in [5.74, 6) is -0.158. The SMILES string of the molecule is C#CCCC(CC(=O)[C@@H]1[C@H]2CCC[C@H]2CN1C(=O)[C@@H](NC(=O)N[C@H](CN1Cc2sccc2S1(=O)=O)C(C)(C)C)C(C)(C)C)C(=O)C(=O)CCC=C. The molecule has 0 bridgehead atoms. The molecule has 1 saturated heterocycles. The van der Waals surface area contributed by atoms with E-state index in [0.29, 0.717) is 17.9 Å². The molecule has 3 heterocycles. The van der Waals surface area contributed by atoms with Crippen LogP contribution in [0.5, 0.6) is 0 Å². The monoisotopic (exact) mass is 742 g/mol. The average molecular weight is 743 g/mol. The number of terminal acetylenes is 1. The van der Waals surface area contributed by atoms with Crippen molar-refractivity contribution in [3.8, 4) is 12.3 Å². The van der Waals surface area contributed by atoms with Crippen molar-refractivity contribution >= 4 is 50.6 Å². The van der Waals surface area contributed by atoms with Crippen LogP contribution in [0.25, 0.3) is 0 Å². The Kier molecular flexibility index (Phi) is 12.8. The number of Topliss-reactive ketones (excluding diaryl/α,β-unsaturated/α-hetero) is 3. The number of nitrogens with one attached hydrogen (secondary N) is 2. The minimum Gasteiger partial charge on any atom is -0.334 e. The lowest BCUT2D eigenvalue weighted by Gasteiger charge is -2.38. The summed E-state index contributed by atoms with van der Waals surface area (Å²) in [6.07, 6.45) is 10.2. The predicted molar refractivity (Wildman–Crippen MR) is 197 cm³/mol. The lowest BCUT2D eigenvalue weighted by molar-refractivity contribution is -0.144. The Balaban J connectivity index is 1.53. The highest BCUT2D eigenvalue weighted by Gasteiger charge is 2.52. The molecule has 13 heteroatoms. The summed E-state index contributed by atoms with van der Waals surface area (Å²) in [4.78, 5) is 70.9. The highest BCUT2D eigenvalue weighted by molar-refractivity contribution is 7.89. The van der Waals surface area contributed by atoms with Crippen LogP contribution in [-0.4, -0.2) is 78.1 Å². The largest absolute Gasteiger partial charge is 0.334 e. The molecule has 3 aliphatic rings. The van der Waals surface area contributed by atoms with Gasteiger partial charge < -0.3 is 15.5 Å². The van der Waals surface area contributed by atoms with Crippen LogP contribution in [-0.2, 0) is 35.7 Å². The highest BCUT2D eigenvalue weighted by atomic mass is 32.2. The number of carbonyl (C=O) groups excluding carboxylic acids is 5. The van der Waals surface area contributed by atoms with Crippen molar-refractivity contribution < 1.29 is 32.4 Å². The molecule has 0 aromatic carbocycles. The normalized spacial score (nSPS) is 23.0. The van der Waals surface area contributed by atoms with Gasteiger partial charge in [-0.05, 0) is 59.8 Å². The number of rotatable bonds is 15. The van der Waals surface area contributed by atoms with Crippen LogP contribution in [0.15, 0.2) is 29.0 Å². The highest BCUT2D eigenvalue weighted by Crippen LogP contribution is 2.44. The van der Waals surface area contributed by atoms with Gasteiger partial charge in [0.05, 0.1) is 10.9 Å². The molecule has 2 N–H and O–H groups in total. The Morgan fingerprint density at radius 3 is 2.41 bits per heavy atom. The summed E-state index contributed by atoms with van der Waals surface area (Å²) in [7, 11) is -3.69. The van der Waals surface area contributed by atoms with Crippen LogP contribution in [0.3, 0.4) is 0 Å². The van der Waals surface area contributed by atoms with Crippen LogP contribution in [0, 0.1) is 40.9 Å². The van der Waals surface area contributed by atoms with E-state index in [1.807, 2.05) is 41.5 Å². The first-order chi connectivity index (χ1) is 23.8. The predicted octanol–water partition coefficient (Wildman–Crippen LogP) is 5.10. The summed E-state index contributed by atoms with van der Waals surface area (Å²) < 4.78 is 27.8. The molecule has 2 fully saturated rings. The molecule has 2 aliphatic heterocycles. The smallest absolute Gasteiger partial charge is 0.315 e. The Morgan fingerprint density at radius 2 is 1.80 bits per heavy atom. The van der Waals surface area contributed by atoms with Crippen molar-refractivity contribution in [1.82, 2.24) is 19.8 Å². The van der Waals surface area contributed by atoms with Gasteiger partial charge in [0.2, 0.25) is 21.7 Å². The van der Waals surface area contributed by atoms with Crippen molar-refractivity contribution in [2.75, 3.05) is 13.1 Å². The molecule has 3 amide bonds. The molecular weight excluding hydrogens is 689 g/mol. The maximum absolute atomic E-state index is 14.5.